The maximum absolute atomic E-state index is 6.32. The van der Waals surface area contributed by atoms with Crippen LogP contribution in [0.5, 0.6) is 0 Å². The van der Waals surface area contributed by atoms with E-state index in [1.54, 1.807) is 0 Å². The number of furan rings is 1. The quantitative estimate of drug-likeness (QED) is 0.165. The van der Waals surface area contributed by atoms with Gasteiger partial charge in [-0.25, -0.2) is 0 Å². The predicted molar refractivity (Wildman–Crippen MR) is 220 cm³/mol. The molecule has 0 fully saturated rings. The van der Waals surface area contributed by atoms with Crippen LogP contribution in [0.4, 0.5) is 17.1 Å². The number of fused-ring (bicyclic) bond motifs is 5. The minimum Gasteiger partial charge on any atom is -0.456 e. The molecule has 0 spiro atoms. The van der Waals surface area contributed by atoms with E-state index in [2.05, 4.69) is 187 Å². The van der Waals surface area contributed by atoms with E-state index in [1.165, 1.54) is 43.4 Å². The SMILES string of the molecule is c1ccc(-c2cc3ccccc3o2)c(-c2ccc(N(c3ccc(-c4ccc5ccccc5c4)cc3)c3cc4ccccc4c4ccccc34)cc2)c1. The van der Waals surface area contributed by atoms with Gasteiger partial charge in [0.1, 0.15) is 11.3 Å². The largest absolute Gasteiger partial charge is 0.456 e. The average Bonchev–Trinajstić information content (AvgIpc) is 3.66. The highest BCUT2D eigenvalue weighted by Crippen LogP contribution is 2.43. The Bertz CT molecular complexity index is 2870. The summed E-state index contributed by atoms with van der Waals surface area (Å²) in [6, 6.07) is 71.8. The molecule has 0 saturated carbocycles. The highest BCUT2D eigenvalue weighted by Gasteiger charge is 2.19. The normalized spacial score (nSPS) is 11.5. The first-order chi connectivity index (χ1) is 25.8. The molecule has 0 saturated heterocycles. The van der Waals surface area contributed by atoms with E-state index in [0.29, 0.717) is 0 Å². The highest BCUT2D eigenvalue weighted by molar-refractivity contribution is 6.14. The topological polar surface area (TPSA) is 16.4 Å². The zero-order valence-electron chi connectivity index (χ0n) is 28.4. The van der Waals surface area contributed by atoms with E-state index in [9.17, 15) is 0 Å². The van der Waals surface area contributed by atoms with Gasteiger partial charge in [0.15, 0.2) is 0 Å². The number of anilines is 3. The number of hydrogen-bond acceptors (Lipinski definition) is 2. The van der Waals surface area contributed by atoms with Crippen LogP contribution >= 0.6 is 0 Å². The van der Waals surface area contributed by atoms with Crippen molar-refractivity contribution in [2.24, 2.45) is 0 Å². The van der Waals surface area contributed by atoms with Crippen LogP contribution in [-0.2, 0) is 0 Å². The molecule has 0 aliphatic heterocycles. The summed E-state index contributed by atoms with van der Waals surface area (Å²) in [4.78, 5) is 2.40. The molecule has 52 heavy (non-hydrogen) atoms. The Kier molecular flexibility index (Phi) is 7.18. The fourth-order valence-electron chi connectivity index (χ4n) is 7.67. The summed E-state index contributed by atoms with van der Waals surface area (Å²) >= 11 is 0. The van der Waals surface area contributed by atoms with Crippen LogP contribution in [0.15, 0.2) is 205 Å². The van der Waals surface area contributed by atoms with Crippen LogP contribution in [-0.4, -0.2) is 0 Å². The lowest BCUT2D eigenvalue weighted by atomic mass is 9.96. The van der Waals surface area contributed by atoms with E-state index in [-0.39, 0.29) is 0 Å². The Balaban J connectivity index is 1.10. The molecule has 0 N–H and O–H groups in total. The van der Waals surface area contributed by atoms with Gasteiger partial charge in [-0.2, -0.15) is 0 Å². The first kappa shape index (κ1) is 30.0. The van der Waals surface area contributed by atoms with Gasteiger partial charge in [0.05, 0.1) is 5.69 Å². The second kappa shape index (κ2) is 12.5. The number of benzene rings is 9. The Hall–Kier alpha value is -6.90. The molecule has 9 aromatic carbocycles. The van der Waals surface area contributed by atoms with Crippen LogP contribution in [0.1, 0.15) is 0 Å². The summed E-state index contributed by atoms with van der Waals surface area (Å²) in [6.07, 6.45) is 0. The minimum atomic E-state index is 0.872. The van der Waals surface area contributed by atoms with Gasteiger partial charge in [0, 0.05) is 27.7 Å². The lowest BCUT2D eigenvalue weighted by Gasteiger charge is -2.28. The van der Waals surface area contributed by atoms with Crippen molar-refractivity contribution in [3.8, 4) is 33.6 Å². The van der Waals surface area contributed by atoms with E-state index in [0.717, 1.165) is 50.5 Å². The molecule has 2 heteroatoms. The van der Waals surface area contributed by atoms with Crippen LogP contribution < -0.4 is 4.90 Å². The van der Waals surface area contributed by atoms with Crippen molar-refractivity contribution in [2.75, 3.05) is 4.90 Å². The fourth-order valence-corrected chi connectivity index (χ4v) is 7.67. The van der Waals surface area contributed by atoms with Gasteiger partial charge < -0.3 is 9.32 Å². The molecule has 0 aliphatic rings. The van der Waals surface area contributed by atoms with Crippen LogP contribution in [0.2, 0.25) is 0 Å². The van der Waals surface area contributed by atoms with Gasteiger partial charge in [0.25, 0.3) is 0 Å². The van der Waals surface area contributed by atoms with Crippen molar-refractivity contribution in [1.82, 2.24) is 0 Å². The minimum absolute atomic E-state index is 0.872. The maximum Gasteiger partial charge on any atom is 0.136 e. The molecular formula is C50H33NO. The van der Waals surface area contributed by atoms with Gasteiger partial charge >= 0.3 is 0 Å². The van der Waals surface area contributed by atoms with Crippen LogP contribution in [0, 0.1) is 0 Å². The Morgan fingerprint density at radius 1 is 0.327 bits per heavy atom. The molecular weight excluding hydrogens is 631 g/mol. The maximum atomic E-state index is 6.32. The third-order valence-corrected chi connectivity index (χ3v) is 10.2. The Labute approximate surface area is 302 Å². The first-order valence-electron chi connectivity index (χ1n) is 17.8. The number of hydrogen-bond donors (Lipinski definition) is 0. The standard InChI is InChI=1S/C50H33NO/c1-2-12-37-31-38(22-21-34(37)11-1)35-23-27-41(28-24-35)51(48-32-39-13-3-5-16-44(39)45-17-7-8-18-46(45)48)42-29-25-36(26-30-42)43-15-6-9-19-47(43)50-33-40-14-4-10-20-49(40)52-50/h1-33H. The molecule has 1 aromatic heterocycles. The average molecular weight is 664 g/mol. The summed E-state index contributed by atoms with van der Waals surface area (Å²) in [6.45, 7) is 0. The lowest BCUT2D eigenvalue weighted by molar-refractivity contribution is 0.632. The van der Waals surface area contributed by atoms with Gasteiger partial charge in [-0.3, -0.25) is 0 Å². The van der Waals surface area contributed by atoms with E-state index < -0.39 is 0 Å². The monoisotopic (exact) mass is 663 g/mol. The molecule has 0 unspecified atom stereocenters. The molecule has 0 amide bonds. The first-order valence-corrected chi connectivity index (χ1v) is 17.8. The number of rotatable bonds is 6. The third kappa shape index (κ3) is 5.21. The van der Waals surface area contributed by atoms with E-state index in [1.807, 2.05) is 18.2 Å². The molecule has 0 aliphatic carbocycles. The van der Waals surface area contributed by atoms with Crippen molar-refractivity contribution in [1.29, 1.82) is 0 Å². The molecule has 1 heterocycles. The molecule has 10 rings (SSSR count). The molecule has 2 nitrogen and oxygen atoms in total. The molecule has 0 atom stereocenters. The Morgan fingerprint density at radius 2 is 0.885 bits per heavy atom. The Morgan fingerprint density at radius 3 is 1.63 bits per heavy atom. The predicted octanol–water partition coefficient (Wildman–Crippen LogP) is 14.4. The van der Waals surface area contributed by atoms with Crippen molar-refractivity contribution < 1.29 is 4.42 Å². The summed E-state index contributed by atoms with van der Waals surface area (Å²) in [5, 5.41) is 8.52. The van der Waals surface area contributed by atoms with Gasteiger partial charge in [-0.15, -0.1) is 0 Å². The smallest absolute Gasteiger partial charge is 0.136 e. The van der Waals surface area contributed by atoms with E-state index in [4.69, 9.17) is 4.42 Å². The van der Waals surface area contributed by atoms with E-state index >= 15 is 0 Å². The van der Waals surface area contributed by atoms with Gasteiger partial charge in [-0.1, -0.05) is 152 Å². The van der Waals surface area contributed by atoms with Crippen molar-refractivity contribution >= 4 is 60.3 Å². The van der Waals surface area contributed by atoms with Crippen molar-refractivity contribution in [3.63, 3.8) is 0 Å². The highest BCUT2D eigenvalue weighted by atomic mass is 16.3. The molecule has 0 bridgehead atoms. The number of nitrogens with zero attached hydrogens (tertiary/aromatic N) is 1. The number of para-hydroxylation sites is 1. The zero-order valence-corrected chi connectivity index (χ0v) is 28.4. The van der Waals surface area contributed by atoms with Crippen LogP contribution in [0.25, 0.3) is 76.9 Å². The molecule has 0 radical (unpaired) electrons. The summed E-state index contributed by atoms with van der Waals surface area (Å²) in [7, 11) is 0. The lowest BCUT2D eigenvalue weighted by Crippen LogP contribution is -2.10. The third-order valence-electron chi connectivity index (χ3n) is 10.2. The molecule has 10 aromatic rings. The fraction of sp³-hybridized carbons (Fsp3) is 0. The summed E-state index contributed by atoms with van der Waals surface area (Å²) < 4.78 is 6.32. The van der Waals surface area contributed by atoms with Gasteiger partial charge in [-0.05, 0) is 97.7 Å². The van der Waals surface area contributed by atoms with Gasteiger partial charge in [0.2, 0.25) is 0 Å². The zero-order chi connectivity index (χ0) is 34.4. The van der Waals surface area contributed by atoms with Crippen LogP contribution in [0.3, 0.4) is 0 Å². The molecule has 244 valence electrons. The summed E-state index contributed by atoms with van der Waals surface area (Å²) in [5.74, 6) is 0.872. The van der Waals surface area contributed by atoms with Crippen molar-refractivity contribution in [3.05, 3.63) is 200 Å². The summed E-state index contributed by atoms with van der Waals surface area (Å²) in [5.41, 5.74) is 9.97. The van der Waals surface area contributed by atoms with Crippen molar-refractivity contribution in [2.45, 2.75) is 0 Å². The second-order valence-corrected chi connectivity index (χ2v) is 13.3. The second-order valence-electron chi connectivity index (χ2n) is 13.3.